The zero-order valence-electron chi connectivity index (χ0n) is 10.8. The molecule has 0 saturated carbocycles. The number of piperazine rings is 1. The summed E-state index contributed by atoms with van der Waals surface area (Å²) in [6, 6.07) is 5.23. The molecule has 0 atom stereocenters. The fraction of sp³-hybridized carbons (Fsp3) is 0.385. The van der Waals surface area contributed by atoms with Crippen LogP contribution in [0.1, 0.15) is 0 Å². The number of carbonyl (C=O) groups excluding carboxylic acids is 2. The molecule has 2 rings (SSSR count). The Labute approximate surface area is 127 Å². The van der Waals surface area contributed by atoms with Crippen LogP contribution < -0.4 is 5.32 Å². The number of nitrogens with zero attached hydrogens (tertiary/aromatic N) is 2. The lowest BCUT2D eigenvalue weighted by molar-refractivity contribution is -0.133. The van der Waals surface area contributed by atoms with Crippen molar-refractivity contribution < 1.29 is 9.59 Å². The van der Waals surface area contributed by atoms with Crippen LogP contribution in [0.2, 0.25) is 10.0 Å². The largest absolute Gasteiger partial charge is 0.375 e. The van der Waals surface area contributed by atoms with E-state index in [-0.39, 0.29) is 12.5 Å². The van der Waals surface area contributed by atoms with Crippen molar-refractivity contribution >= 4 is 41.2 Å². The molecule has 7 heteroatoms. The average Bonchev–Trinajstić information content (AvgIpc) is 2.48. The maximum absolute atomic E-state index is 12.0. The van der Waals surface area contributed by atoms with Crippen molar-refractivity contribution in [3.8, 4) is 0 Å². The summed E-state index contributed by atoms with van der Waals surface area (Å²) in [5.74, 6) is -0.0217. The van der Waals surface area contributed by atoms with Gasteiger partial charge in [0.25, 0.3) is 0 Å². The maximum atomic E-state index is 12.0. The SMILES string of the molecule is O=CN1CCN(C(=O)CNc2cccc(Cl)c2Cl)CC1. The van der Waals surface area contributed by atoms with E-state index in [1.807, 2.05) is 0 Å². The highest BCUT2D eigenvalue weighted by atomic mass is 35.5. The molecule has 0 radical (unpaired) electrons. The van der Waals surface area contributed by atoms with E-state index < -0.39 is 0 Å². The summed E-state index contributed by atoms with van der Waals surface area (Å²) in [5.41, 5.74) is 0.638. The maximum Gasteiger partial charge on any atom is 0.241 e. The Morgan fingerprint density at radius 3 is 2.60 bits per heavy atom. The zero-order valence-corrected chi connectivity index (χ0v) is 12.3. The first-order valence-corrected chi connectivity index (χ1v) is 7.02. The van der Waals surface area contributed by atoms with Crippen molar-refractivity contribution in [2.45, 2.75) is 0 Å². The summed E-state index contributed by atoms with van der Waals surface area (Å²) in [6.45, 7) is 2.42. The van der Waals surface area contributed by atoms with E-state index in [0.29, 0.717) is 41.9 Å². The molecule has 1 aromatic rings. The van der Waals surface area contributed by atoms with Gasteiger partial charge in [-0.05, 0) is 12.1 Å². The Balaban J connectivity index is 1.86. The lowest BCUT2D eigenvalue weighted by Gasteiger charge is -2.32. The molecule has 1 N–H and O–H groups in total. The fourth-order valence-electron chi connectivity index (χ4n) is 2.00. The van der Waals surface area contributed by atoms with Crippen LogP contribution in [-0.2, 0) is 9.59 Å². The minimum absolute atomic E-state index is 0.0217. The quantitative estimate of drug-likeness (QED) is 0.861. The summed E-state index contributed by atoms with van der Waals surface area (Å²) in [4.78, 5) is 26.0. The zero-order chi connectivity index (χ0) is 14.5. The summed E-state index contributed by atoms with van der Waals surface area (Å²) in [7, 11) is 0. The van der Waals surface area contributed by atoms with Gasteiger partial charge in [0.2, 0.25) is 12.3 Å². The number of nitrogens with one attached hydrogen (secondary N) is 1. The number of amides is 2. The molecule has 1 saturated heterocycles. The van der Waals surface area contributed by atoms with Crippen LogP contribution in [0.25, 0.3) is 0 Å². The van der Waals surface area contributed by atoms with Gasteiger partial charge in [0, 0.05) is 26.2 Å². The van der Waals surface area contributed by atoms with Gasteiger partial charge in [0.05, 0.1) is 22.3 Å². The van der Waals surface area contributed by atoms with Gasteiger partial charge in [0.1, 0.15) is 0 Å². The van der Waals surface area contributed by atoms with Crippen LogP contribution in [0.15, 0.2) is 18.2 Å². The third kappa shape index (κ3) is 3.55. The predicted molar refractivity (Wildman–Crippen MR) is 79.2 cm³/mol. The van der Waals surface area contributed by atoms with Gasteiger partial charge in [-0.15, -0.1) is 0 Å². The van der Waals surface area contributed by atoms with Crippen LogP contribution in [0.5, 0.6) is 0 Å². The molecule has 2 amide bonds. The molecule has 1 fully saturated rings. The van der Waals surface area contributed by atoms with E-state index in [2.05, 4.69) is 5.32 Å². The van der Waals surface area contributed by atoms with Crippen LogP contribution in [0.3, 0.4) is 0 Å². The second-order valence-electron chi connectivity index (χ2n) is 4.48. The number of benzene rings is 1. The molecule has 1 heterocycles. The topological polar surface area (TPSA) is 52.7 Å². The molecule has 0 spiro atoms. The van der Waals surface area contributed by atoms with Crippen molar-refractivity contribution in [3.63, 3.8) is 0 Å². The second-order valence-corrected chi connectivity index (χ2v) is 5.26. The Kier molecular flexibility index (Phi) is 5.09. The Morgan fingerprint density at radius 1 is 1.25 bits per heavy atom. The molecule has 1 aromatic carbocycles. The lowest BCUT2D eigenvalue weighted by Crippen LogP contribution is -2.49. The first kappa shape index (κ1) is 14.9. The molecule has 1 aliphatic heterocycles. The molecule has 0 unspecified atom stereocenters. The number of rotatable bonds is 4. The molecule has 108 valence electrons. The lowest BCUT2D eigenvalue weighted by atomic mass is 10.3. The predicted octanol–water partition coefficient (Wildman–Crippen LogP) is 1.71. The molecule has 20 heavy (non-hydrogen) atoms. The van der Waals surface area contributed by atoms with E-state index in [1.165, 1.54) is 0 Å². The number of anilines is 1. The van der Waals surface area contributed by atoms with Gasteiger partial charge < -0.3 is 15.1 Å². The van der Waals surface area contributed by atoms with Crippen molar-refractivity contribution in [3.05, 3.63) is 28.2 Å². The molecule has 1 aliphatic rings. The highest BCUT2D eigenvalue weighted by Crippen LogP contribution is 2.29. The summed E-state index contributed by atoms with van der Waals surface area (Å²) in [5, 5.41) is 3.84. The number of hydrogen-bond acceptors (Lipinski definition) is 3. The minimum Gasteiger partial charge on any atom is -0.375 e. The number of hydrogen-bond donors (Lipinski definition) is 1. The van der Waals surface area contributed by atoms with Crippen LogP contribution in [0.4, 0.5) is 5.69 Å². The molecular formula is C13H15Cl2N3O2. The highest BCUT2D eigenvalue weighted by Gasteiger charge is 2.19. The van der Waals surface area contributed by atoms with E-state index >= 15 is 0 Å². The monoisotopic (exact) mass is 315 g/mol. The number of halogens is 2. The third-order valence-corrected chi connectivity index (χ3v) is 4.02. The molecule has 0 aromatic heterocycles. The van der Waals surface area contributed by atoms with Gasteiger partial charge in [-0.2, -0.15) is 0 Å². The van der Waals surface area contributed by atoms with E-state index in [4.69, 9.17) is 23.2 Å². The third-order valence-electron chi connectivity index (χ3n) is 3.20. The second kappa shape index (κ2) is 6.81. The minimum atomic E-state index is -0.0217. The first-order valence-electron chi connectivity index (χ1n) is 6.27. The van der Waals surface area contributed by atoms with Gasteiger partial charge in [-0.25, -0.2) is 0 Å². The Hall–Kier alpha value is -1.46. The fourth-order valence-corrected chi connectivity index (χ4v) is 2.37. The Morgan fingerprint density at radius 2 is 1.95 bits per heavy atom. The van der Waals surface area contributed by atoms with Crippen molar-refractivity contribution in [2.24, 2.45) is 0 Å². The van der Waals surface area contributed by atoms with E-state index in [9.17, 15) is 9.59 Å². The van der Waals surface area contributed by atoms with Crippen molar-refractivity contribution in [2.75, 3.05) is 38.0 Å². The summed E-state index contributed by atoms with van der Waals surface area (Å²) in [6.07, 6.45) is 0.811. The summed E-state index contributed by atoms with van der Waals surface area (Å²) < 4.78 is 0. The highest BCUT2D eigenvalue weighted by molar-refractivity contribution is 6.43. The molecule has 0 aliphatic carbocycles. The molecule has 5 nitrogen and oxygen atoms in total. The van der Waals surface area contributed by atoms with Crippen molar-refractivity contribution in [1.82, 2.24) is 9.80 Å². The van der Waals surface area contributed by atoms with Gasteiger partial charge in [-0.3, -0.25) is 9.59 Å². The van der Waals surface area contributed by atoms with E-state index in [1.54, 1.807) is 28.0 Å². The standard InChI is InChI=1S/C13H15Cl2N3O2/c14-10-2-1-3-11(13(10)15)16-8-12(20)18-6-4-17(9-19)5-7-18/h1-3,9,16H,4-8H2. The summed E-state index contributed by atoms with van der Waals surface area (Å²) >= 11 is 11.9. The number of carbonyl (C=O) groups is 2. The van der Waals surface area contributed by atoms with Crippen LogP contribution >= 0.6 is 23.2 Å². The first-order chi connectivity index (χ1) is 9.61. The van der Waals surface area contributed by atoms with Crippen LogP contribution in [-0.4, -0.2) is 54.8 Å². The van der Waals surface area contributed by atoms with Gasteiger partial charge >= 0.3 is 0 Å². The van der Waals surface area contributed by atoms with Gasteiger partial charge in [0.15, 0.2) is 0 Å². The molecule has 0 bridgehead atoms. The Bertz CT molecular complexity index is 502. The smallest absolute Gasteiger partial charge is 0.241 e. The van der Waals surface area contributed by atoms with E-state index in [0.717, 1.165) is 6.41 Å². The average molecular weight is 316 g/mol. The molecular weight excluding hydrogens is 301 g/mol. The normalized spacial score (nSPS) is 15.1. The van der Waals surface area contributed by atoms with Crippen LogP contribution in [0, 0.1) is 0 Å². The van der Waals surface area contributed by atoms with Gasteiger partial charge in [-0.1, -0.05) is 29.3 Å². The van der Waals surface area contributed by atoms with Crippen molar-refractivity contribution in [1.29, 1.82) is 0 Å².